The second kappa shape index (κ2) is 4.35. The molecule has 0 aromatic heterocycles. The second-order valence-electron chi connectivity index (χ2n) is 5.17. The standard InChI is InChI=1S/C14H17N3O/c1-10-8-14(2,3)17(16-10)12(9-15)11-6-4-5-7-13(11)18/h4-7,12,16,18H,1,8H2,2-3H3. The molecule has 0 bridgehead atoms. The van der Waals surface area contributed by atoms with Gasteiger partial charge in [-0.15, -0.1) is 0 Å². The number of nitrogens with zero attached hydrogens (tertiary/aromatic N) is 2. The lowest BCUT2D eigenvalue weighted by Crippen LogP contribution is -2.45. The molecule has 1 saturated heterocycles. The highest BCUT2D eigenvalue weighted by atomic mass is 16.3. The number of phenolic OH excluding ortho intramolecular Hbond substituents is 1. The van der Waals surface area contributed by atoms with Crippen molar-refractivity contribution in [3.8, 4) is 11.8 Å². The van der Waals surface area contributed by atoms with Crippen LogP contribution < -0.4 is 5.43 Å². The topological polar surface area (TPSA) is 59.3 Å². The molecule has 0 radical (unpaired) electrons. The molecule has 0 aliphatic carbocycles. The number of para-hydroxylation sites is 1. The van der Waals surface area contributed by atoms with E-state index >= 15 is 0 Å². The summed E-state index contributed by atoms with van der Waals surface area (Å²) in [6.07, 6.45) is 0.777. The SMILES string of the molecule is C=C1CC(C)(C)N(C(C#N)c2ccccc2O)N1. The monoisotopic (exact) mass is 243 g/mol. The van der Waals surface area contributed by atoms with Crippen molar-refractivity contribution in [1.29, 1.82) is 5.26 Å². The van der Waals surface area contributed by atoms with Crippen molar-refractivity contribution in [2.75, 3.05) is 0 Å². The molecule has 0 saturated carbocycles. The minimum Gasteiger partial charge on any atom is -0.508 e. The zero-order valence-corrected chi connectivity index (χ0v) is 10.6. The lowest BCUT2D eigenvalue weighted by molar-refractivity contribution is 0.0926. The molecule has 1 atom stereocenters. The number of hydrogen-bond acceptors (Lipinski definition) is 4. The summed E-state index contributed by atoms with van der Waals surface area (Å²) in [6, 6.07) is 8.62. The smallest absolute Gasteiger partial charge is 0.145 e. The van der Waals surface area contributed by atoms with E-state index in [4.69, 9.17) is 0 Å². The number of nitrogens with one attached hydrogen (secondary N) is 1. The predicted molar refractivity (Wildman–Crippen MR) is 69.3 cm³/mol. The van der Waals surface area contributed by atoms with Crippen LogP contribution in [0.5, 0.6) is 5.75 Å². The number of benzene rings is 1. The molecule has 1 aromatic carbocycles. The van der Waals surface area contributed by atoms with Gasteiger partial charge in [-0.3, -0.25) is 0 Å². The molecule has 1 aromatic rings. The lowest BCUT2D eigenvalue weighted by atomic mass is 9.97. The maximum atomic E-state index is 9.88. The van der Waals surface area contributed by atoms with E-state index in [1.807, 2.05) is 24.9 Å². The highest BCUT2D eigenvalue weighted by molar-refractivity contribution is 5.38. The average molecular weight is 243 g/mol. The van der Waals surface area contributed by atoms with Crippen molar-refractivity contribution in [1.82, 2.24) is 10.4 Å². The highest BCUT2D eigenvalue weighted by Crippen LogP contribution is 2.37. The molecule has 18 heavy (non-hydrogen) atoms. The molecule has 2 N–H and O–H groups in total. The van der Waals surface area contributed by atoms with E-state index in [2.05, 4.69) is 18.1 Å². The van der Waals surface area contributed by atoms with E-state index in [0.717, 1.165) is 12.1 Å². The van der Waals surface area contributed by atoms with Gasteiger partial charge in [-0.05, 0) is 19.9 Å². The molecule has 4 nitrogen and oxygen atoms in total. The summed E-state index contributed by atoms with van der Waals surface area (Å²) in [7, 11) is 0. The molecule has 1 fully saturated rings. The van der Waals surface area contributed by atoms with Gasteiger partial charge in [0.2, 0.25) is 0 Å². The van der Waals surface area contributed by atoms with E-state index in [1.54, 1.807) is 18.2 Å². The third-order valence-electron chi connectivity index (χ3n) is 3.19. The van der Waals surface area contributed by atoms with E-state index in [-0.39, 0.29) is 11.3 Å². The Labute approximate surface area is 107 Å². The molecule has 4 heteroatoms. The Hall–Kier alpha value is -1.99. The van der Waals surface area contributed by atoms with Crippen LogP contribution in [-0.4, -0.2) is 15.7 Å². The van der Waals surface area contributed by atoms with Gasteiger partial charge in [0.05, 0.1) is 6.07 Å². The fourth-order valence-electron chi connectivity index (χ4n) is 2.37. The quantitative estimate of drug-likeness (QED) is 0.837. The summed E-state index contributed by atoms with van der Waals surface area (Å²) in [5, 5.41) is 21.1. The summed E-state index contributed by atoms with van der Waals surface area (Å²) in [4.78, 5) is 0. The third kappa shape index (κ3) is 2.05. The maximum Gasteiger partial charge on any atom is 0.145 e. The summed E-state index contributed by atoms with van der Waals surface area (Å²) in [5.74, 6) is 0.138. The zero-order chi connectivity index (χ0) is 13.3. The minimum absolute atomic E-state index is 0.138. The predicted octanol–water partition coefficient (Wildman–Crippen LogP) is 2.46. The van der Waals surface area contributed by atoms with Gasteiger partial charge in [-0.2, -0.15) is 10.3 Å². The van der Waals surface area contributed by atoms with Crippen LogP contribution in [0.25, 0.3) is 0 Å². The van der Waals surface area contributed by atoms with Crippen molar-refractivity contribution >= 4 is 0 Å². The first-order valence-electron chi connectivity index (χ1n) is 5.87. The first-order chi connectivity index (χ1) is 8.45. The Kier molecular flexibility index (Phi) is 3.02. The van der Waals surface area contributed by atoms with Gasteiger partial charge in [0.15, 0.2) is 0 Å². The Morgan fingerprint density at radius 1 is 1.50 bits per heavy atom. The number of hydrazine groups is 1. The molecule has 2 rings (SSSR count). The lowest BCUT2D eigenvalue weighted by Gasteiger charge is -2.34. The largest absolute Gasteiger partial charge is 0.508 e. The van der Waals surface area contributed by atoms with Crippen LogP contribution in [0.1, 0.15) is 31.9 Å². The first kappa shape index (κ1) is 12.5. The summed E-state index contributed by atoms with van der Waals surface area (Å²) >= 11 is 0. The Balaban J connectivity index is 2.39. The third-order valence-corrected chi connectivity index (χ3v) is 3.19. The van der Waals surface area contributed by atoms with Crippen molar-refractivity contribution in [3.05, 3.63) is 42.1 Å². The highest BCUT2D eigenvalue weighted by Gasteiger charge is 2.40. The molecule has 1 aliphatic rings. The van der Waals surface area contributed by atoms with Crippen LogP contribution in [0.4, 0.5) is 0 Å². The molecule has 1 heterocycles. The summed E-state index contributed by atoms with van der Waals surface area (Å²) < 4.78 is 0. The van der Waals surface area contributed by atoms with Crippen LogP contribution in [0.2, 0.25) is 0 Å². The van der Waals surface area contributed by atoms with Gasteiger partial charge >= 0.3 is 0 Å². The van der Waals surface area contributed by atoms with Gasteiger partial charge in [-0.25, -0.2) is 0 Å². The fourth-order valence-corrected chi connectivity index (χ4v) is 2.37. The first-order valence-corrected chi connectivity index (χ1v) is 5.87. The van der Waals surface area contributed by atoms with Crippen molar-refractivity contribution in [2.24, 2.45) is 0 Å². The Morgan fingerprint density at radius 2 is 2.17 bits per heavy atom. The van der Waals surface area contributed by atoms with Crippen molar-refractivity contribution in [2.45, 2.75) is 31.8 Å². The fraction of sp³-hybridized carbons (Fsp3) is 0.357. The molecular formula is C14H17N3O. The number of nitriles is 1. The Bertz CT molecular complexity index is 516. The van der Waals surface area contributed by atoms with E-state index < -0.39 is 6.04 Å². The number of aromatic hydroxyl groups is 1. The number of rotatable bonds is 2. The van der Waals surface area contributed by atoms with Crippen LogP contribution in [0, 0.1) is 11.3 Å². The molecular weight excluding hydrogens is 226 g/mol. The van der Waals surface area contributed by atoms with Crippen LogP contribution in [0.3, 0.4) is 0 Å². The summed E-state index contributed by atoms with van der Waals surface area (Å²) in [6.45, 7) is 8.00. The minimum atomic E-state index is -0.541. The average Bonchev–Trinajstić information content (AvgIpc) is 2.56. The molecule has 0 amide bonds. The van der Waals surface area contributed by atoms with Crippen LogP contribution in [-0.2, 0) is 0 Å². The zero-order valence-electron chi connectivity index (χ0n) is 10.6. The molecule has 1 aliphatic heterocycles. The number of phenols is 1. The van der Waals surface area contributed by atoms with Gasteiger partial charge in [0.25, 0.3) is 0 Å². The van der Waals surface area contributed by atoms with Gasteiger partial charge in [0, 0.05) is 23.2 Å². The maximum absolute atomic E-state index is 9.88. The van der Waals surface area contributed by atoms with Crippen LogP contribution in [0.15, 0.2) is 36.5 Å². The Morgan fingerprint density at radius 3 is 2.67 bits per heavy atom. The van der Waals surface area contributed by atoms with Crippen molar-refractivity contribution in [3.63, 3.8) is 0 Å². The van der Waals surface area contributed by atoms with Crippen molar-refractivity contribution < 1.29 is 5.11 Å². The van der Waals surface area contributed by atoms with Gasteiger partial charge in [0.1, 0.15) is 11.8 Å². The van der Waals surface area contributed by atoms with Gasteiger partial charge < -0.3 is 10.5 Å². The molecule has 1 unspecified atom stereocenters. The normalized spacial score (nSPS) is 20.2. The molecule has 94 valence electrons. The second-order valence-corrected chi connectivity index (χ2v) is 5.17. The van der Waals surface area contributed by atoms with E-state index in [0.29, 0.717) is 5.56 Å². The van der Waals surface area contributed by atoms with E-state index in [9.17, 15) is 10.4 Å². The molecule has 0 spiro atoms. The van der Waals surface area contributed by atoms with E-state index in [1.165, 1.54) is 0 Å². The number of hydrogen-bond donors (Lipinski definition) is 2. The van der Waals surface area contributed by atoms with Crippen LogP contribution >= 0.6 is 0 Å². The summed E-state index contributed by atoms with van der Waals surface area (Å²) in [5.41, 5.74) is 4.41. The van der Waals surface area contributed by atoms with Gasteiger partial charge in [-0.1, -0.05) is 24.8 Å².